The lowest BCUT2D eigenvalue weighted by molar-refractivity contribution is 0.135. The summed E-state index contributed by atoms with van der Waals surface area (Å²) >= 11 is 0. The van der Waals surface area contributed by atoms with Gasteiger partial charge >= 0.3 is 6.03 Å². The van der Waals surface area contributed by atoms with Gasteiger partial charge in [-0.1, -0.05) is 0 Å². The molecular formula is C14H23N5O2. The van der Waals surface area contributed by atoms with Crippen molar-refractivity contribution in [1.82, 2.24) is 25.0 Å². The summed E-state index contributed by atoms with van der Waals surface area (Å²) in [7, 11) is 1.68. The van der Waals surface area contributed by atoms with Crippen LogP contribution in [0.2, 0.25) is 0 Å². The van der Waals surface area contributed by atoms with Crippen LogP contribution in [-0.4, -0.2) is 58.5 Å². The van der Waals surface area contributed by atoms with Gasteiger partial charge in [0.25, 0.3) is 0 Å². The van der Waals surface area contributed by atoms with E-state index in [0.29, 0.717) is 19.1 Å². The van der Waals surface area contributed by atoms with Crippen molar-refractivity contribution in [3.63, 3.8) is 0 Å². The minimum absolute atomic E-state index is 0.0220. The maximum absolute atomic E-state index is 12.4. The molecule has 2 heterocycles. The van der Waals surface area contributed by atoms with Crippen LogP contribution in [0.3, 0.4) is 0 Å². The van der Waals surface area contributed by atoms with E-state index in [0.717, 1.165) is 19.4 Å². The first kappa shape index (κ1) is 14.3. The summed E-state index contributed by atoms with van der Waals surface area (Å²) in [5.41, 5.74) is 0. The van der Waals surface area contributed by atoms with Gasteiger partial charge in [0.05, 0.1) is 18.7 Å². The summed E-state index contributed by atoms with van der Waals surface area (Å²) in [5.74, 6) is 0.588. The molecule has 0 aromatic carbocycles. The van der Waals surface area contributed by atoms with E-state index in [9.17, 15) is 4.79 Å². The Bertz CT molecular complexity index is 460. The Kier molecular flexibility index (Phi) is 4.38. The number of amides is 2. The summed E-state index contributed by atoms with van der Waals surface area (Å²) in [6, 6.07) is 0.400. The molecule has 2 unspecified atom stereocenters. The number of likely N-dealkylation sites (tertiary alicyclic amines) is 1. The lowest BCUT2D eigenvalue weighted by atomic mass is 10.1. The Morgan fingerprint density at radius 3 is 3.00 bits per heavy atom. The third-order valence-corrected chi connectivity index (χ3v) is 4.34. The zero-order chi connectivity index (χ0) is 14.7. The second-order valence-electron chi connectivity index (χ2n) is 5.97. The Morgan fingerprint density at radius 2 is 2.33 bits per heavy atom. The molecule has 7 nitrogen and oxygen atoms in total. The molecule has 7 heteroatoms. The zero-order valence-electron chi connectivity index (χ0n) is 12.4. The molecule has 2 aliphatic rings. The predicted octanol–water partition coefficient (Wildman–Crippen LogP) is 1.05. The molecular weight excluding hydrogens is 270 g/mol. The molecule has 2 amide bonds. The summed E-state index contributed by atoms with van der Waals surface area (Å²) in [6.07, 6.45) is 7.68. The number of nitrogens with one attached hydrogen (secondary N) is 1. The average Bonchev–Trinajstić information content (AvgIpc) is 3.21. The highest BCUT2D eigenvalue weighted by Gasteiger charge is 2.34. The summed E-state index contributed by atoms with van der Waals surface area (Å²) in [5, 5.41) is 7.32. The van der Waals surface area contributed by atoms with Gasteiger partial charge in [-0.05, 0) is 31.6 Å². The largest absolute Gasteiger partial charge is 0.383 e. The van der Waals surface area contributed by atoms with Crippen molar-refractivity contribution in [2.45, 2.75) is 37.8 Å². The van der Waals surface area contributed by atoms with Crippen molar-refractivity contribution in [3.05, 3.63) is 12.7 Å². The summed E-state index contributed by atoms with van der Waals surface area (Å²) in [4.78, 5) is 18.3. The van der Waals surface area contributed by atoms with Gasteiger partial charge in [0.2, 0.25) is 0 Å². The molecule has 1 aliphatic heterocycles. The second kappa shape index (κ2) is 6.43. The lowest BCUT2D eigenvalue weighted by Crippen LogP contribution is -2.50. The van der Waals surface area contributed by atoms with Gasteiger partial charge in [0.15, 0.2) is 0 Å². The van der Waals surface area contributed by atoms with E-state index in [2.05, 4.69) is 15.4 Å². The number of carbonyl (C=O) groups excluding carboxylic acids is 1. The minimum Gasteiger partial charge on any atom is -0.383 e. The van der Waals surface area contributed by atoms with Gasteiger partial charge in [0.1, 0.15) is 12.7 Å². The molecule has 1 aliphatic carbocycles. The summed E-state index contributed by atoms with van der Waals surface area (Å²) < 4.78 is 7.07. The number of hydrogen-bond donors (Lipinski definition) is 1. The molecule has 116 valence electrons. The van der Waals surface area contributed by atoms with E-state index in [4.69, 9.17) is 4.74 Å². The predicted molar refractivity (Wildman–Crippen MR) is 76.8 cm³/mol. The third kappa shape index (κ3) is 3.53. The number of piperidine rings is 1. The Balaban J connectivity index is 1.56. The monoisotopic (exact) mass is 293 g/mol. The number of aromatic nitrogens is 3. The zero-order valence-corrected chi connectivity index (χ0v) is 12.4. The molecule has 2 atom stereocenters. The normalized spacial score (nSPS) is 23.9. The van der Waals surface area contributed by atoms with Crippen molar-refractivity contribution in [1.29, 1.82) is 0 Å². The van der Waals surface area contributed by atoms with Crippen LogP contribution in [0.25, 0.3) is 0 Å². The Hall–Kier alpha value is -1.63. The molecule has 1 saturated carbocycles. The fraction of sp³-hybridized carbons (Fsp3) is 0.786. The smallest absolute Gasteiger partial charge is 0.317 e. The van der Waals surface area contributed by atoms with E-state index in [1.807, 2.05) is 9.58 Å². The van der Waals surface area contributed by atoms with Gasteiger partial charge in [0, 0.05) is 20.2 Å². The van der Waals surface area contributed by atoms with E-state index in [1.54, 1.807) is 19.8 Å². The molecule has 0 bridgehead atoms. The van der Waals surface area contributed by atoms with E-state index < -0.39 is 0 Å². The number of ether oxygens (including phenoxy) is 1. The number of hydrogen-bond acceptors (Lipinski definition) is 4. The van der Waals surface area contributed by atoms with Crippen LogP contribution in [0.15, 0.2) is 12.7 Å². The quantitative estimate of drug-likeness (QED) is 0.881. The maximum atomic E-state index is 12.4. The van der Waals surface area contributed by atoms with Crippen LogP contribution < -0.4 is 5.32 Å². The molecule has 21 heavy (non-hydrogen) atoms. The Morgan fingerprint density at radius 1 is 1.48 bits per heavy atom. The number of carbonyl (C=O) groups is 1. The fourth-order valence-electron chi connectivity index (χ4n) is 2.98. The highest BCUT2D eigenvalue weighted by Crippen LogP contribution is 2.33. The van der Waals surface area contributed by atoms with Crippen molar-refractivity contribution in [2.24, 2.45) is 5.92 Å². The minimum atomic E-state index is 0.0220. The van der Waals surface area contributed by atoms with Crippen LogP contribution in [0, 0.1) is 5.92 Å². The van der Waals surface area contributed by atoms with Crippen molar-refractivity contribution >= 4 is 6.03 Å². The average molecular weight is 293 g/mol. The van der Waals surface area contributed by atoms with Gasteiger partial charge in [-0.3, -0.25) is 0 Å². The van der Waals surface area contributed by atoms with Crippen molar-refractivity contribution < 1.29 is 9.53 Å². The van der Waals surface area contributed by atoms with Crippen LogP contribution in [0.4, 0.5) is 4.79 Å². The SMILES string of the molecule is COCC(NC(=O)N1CCCC(n2cncn2)C1)C1CC1. The van der Waals surface area contributed by atoms with Gasteiger partial charge in [-0.15, -0.1) is 0 Å². The van der Waals surface area contributed by atoms with Crippen molar-refractivity contribution in [2.75, 3.05) is 26.8 Å². The molecule has 2 fully saturated rings. The molecule has 0 radical (unpaired) electrons. The van der Waals surface area contributed by atoms with E-state index in [-0.39, 0.29) is 18.1 Å². The standard InChI is InChI=1S/C14H23N5O2/c1-21-8-13(11-4-5-11)17-14(20)18-6-2-3-12(7-18)19-10-15-9-16-19/h9-13H,2-8H2,1H3,(H,17,20). The number of rotatable bonds is 5. The van der Waals surface area contributed by atoms with Gasteiger partial charge < -0.3 is 15.0 Å². The molecule has 1 saturated heterocycles. The number of methoxy groups -OCH3 is 1. The van der Waals surface area contributed by atoms with Crippen LogP contribution in [0.5, 0.6) is 0 Å². The fourth-order valence-corrected chi connectivity index (χ4v) is 2.98. The number of nitrogens with zero attached hydrogens (tertiary/aromatic N) is 4. The molecule has 1 N–H and O–H groups in total. The lowest BCUT2D eigenvalue weighted by Gasteiger charge is -2.33. The van der Waals surface area contributed by atoms with Crippen LogP contribution in [0.1, 0.15) is 31.7 Å². The van der Waals surface area contributed by atoms with E-state index in [1.165, 1.54) is 12.8 Å². The number of urea groups is 1. The molecule has 1 aromatic rings. The van der Waals surface area contributed by atoms with Gasteiger partial charge in [-0.2, -0.15) is 5.10 Å². The Labute approximate surface area is 124 Å². The topological polar surface area (TPSA) is 72.3 Å². The molecule has 3 rings (SSSR count). The van der Waals surface area contributed by atoms with E-state index >= 15 is 0 Å². The molecule has 0 spiro atoms. The highest BCUT2D eigenvalue weighted by molar-refractivity contribution is 5.74. The first-order valence-corrected chi connectivity index (χ1v) is 7.66. The third-order valence-electron chi connectivity index (χ3n) is 4.34. The summed E-state index contributed by atoms with van der Waals surface area (Å²) in [6.45, 7) is 2.09. The van der Waals surface area contributed by atoms with Crippen molar-refractivity contribution in [3.8, 4) is 0 Å². The van der Waals surface area contributed by atoms with Gasteiger partial charge in [-0.25, -0.2) is 14.5 Å². The second-order valence-corrected chi connectivity index (χ2v) is 5.97. The highest BCUT2D eigenvalue weighted by atomic mass is 16.5. The molecule has 1 aromatic heterocycles. The maximum Gasteiger partial charge on any atom is 0.317 e. The first-order chi connectivity index (χ1) is 10.3. The first-order valence-electron chi connectivity index (χ1n) is 7.66. The van der Waals surface area contributed by atoms with Crippen LogP contribution >= 0.6 is 0 Å². The van der Waals surface area contributed by atoms with Crippen LogP contribution in [-0.2, 0) is 4.74 Å².